The number of nitrogens with one attached hydrogen (secondary N) is 1. The molecule has 1 aromatic rings. The van der Waals surface area contributed by atoms with Crippen molar-refractivity contribution in [3.05, 3.63) is 21.4 Å². The van der Waals surface area contributed by atoms with Crippen LogP contribution in [0.5, 0.6) is 0 Å². The SMILES string of the molecule is FC(F)(F)CNCc1csc2c1CCC1(CCCC1)C2. The van der Waals surface area contributed by atoms with Gasteiger partial charge >= 0.3 is 6.18 Å². The number of hydrogen-bond donors (Lipinski definition) is 1. The first-order valence-electron chi connectivity index (χ1n) is 7.33. The summed E-state index contributed by atoms with van der Waals surface area (Å²) in [6.07, 6.45) is 4.69. The highest BCUT2D eigenvalue weighted by Gasteiger charge is 2.38. The first-order chi connectivity index (χ1) is 9.48. The molecule has 0 unspecified atom stereocenters. The molecule has 0 amide bonds. The lowest BCUT2D eigenvalue weighted by Gasteiger charge is -2.33. The molecule has 1 nitrogen and oxygen atoms in total. The van der Waals surface area contributed by atoms with Gasteiger partial charge in [0.05, 0.1) is 6.54 Å². The fourth-order valence-corrected chi connectivity index (χ4v) is 5.05. The summed E-state index contributed by atoms with van der Waals surface area (Å²) in [5, 5.41) is 4.58. The van der Waals surface area contributed by atoms with Crippen LogP contribution in [0.1, 0.15) is 48.1 Å². The second kappa shape index (κ2) is 5.34. The van der Waals surface area contributed by atoms with Crippen LogP contribution in [0.2, 0.25) is 0 Å². The van der Waals surface area contributed by atoms with Crippen molar-refractivity contribution in [1.82, 2.24) is 5.32 Å². The molecule has 0 aromatic carbocycles. The third-order valence-electron chi connectivity index (χ3n) is 4.81. The summed E-state index contributed by atoms with van der Waals surface area (Å²) < 4.78 is 36.5. The van der Waals surface area contributed by atoms with Crippen molar-refractivity contribution in [1.29, 1.82) is 0 Å². The van der Waals surface area contributed by atoms with Crippen LogP contribution < -0.4 is 5.32 Å². The Morgan fingerprint density at radius 2 is 1.95 bits per heavy atom. The van der Waals surface area contributed by atoms with Crippen LogP contribution in [0.15, 0.2) is 5.38 Å². The highest BCUT2D eigenvalue weighted by molar-refractivity contribution is 7.10. The molecule has 1 N–H and O–H groups in total. The van der Waals surface area contributed by atoms with Crippen molar-refractivity contribution in [2.24, 2.45) is 5.41 Å². The topological polar surface area (TPSA) is 12.0 Å². The fraction of sp³-hybridized carbons (Fsp3) is 0.733. The van der Waals surface area contributed by atoms with E-state index < -0.39 is 12.7 Å². The second-order valence-corrected chi connectivity index (χ2v) is 7.23. The van der Waals surface area contributed by atoms with Crippen molar-refractivity contribution < 1.29 is 13.2 Å². The van der Waals surface area contributed by atoms with Gasteiger partial charge in [-0.25, -0.2) is 0 Å². The molecule has 112 valence electrons. The average Bonchev–Trinajstić information content (AvgIpc) is 2.96. The second-order valence-electron chi connectivity index (χ2n) is 6.27. The normalized spacial score (nSPS) is 21.4. The Bertz CT molecular complexity index is 472. The molecular formula is C15H20F3NS. The summed E-state index contributed by atoms with van der Waals surface area (Å²) >= 11 is 1.75. The molecule has 1 saturated carbocycles. The minimum Gasteiger partial charge on any atom is -0.305 e. The summed E-state index contributed by atoms with van der Waals surface area (Å²) in [6.45, 7) is -0.556. The highest BCUT2D eigenvalue weighted by Crippen LogP contribution is 2.49. The van der Waals surface area contributed by atoms with Gasteiger partial charge in [0.15, 0.2) is 0 Å². The van der Waals surface area contributed by atoms with E-state index in [1.165, 1.54) is 42.5 Å². The van der Waals surface area contributed by atoms with Crippen molar-refractivity contribution >= 4 is 11.3 Å². The molecule has 3 rings (SSSR count). The number of halogens is 3. The third-order valence-corrected chi connectivity index (χ3v) is 5.89. The van der Waals surface area contributed by atoms with Gasteiger partial charge in [-0.05, 0) is 54.0 Å². The van der Waals surface area contributed by atoms with E-state index in [0.717, 1.165) is 18.4 Å². The van der Waals surface area contributed by atoms with Gasteiger partial charge in [0.25, 0.3) is 0 Å². The Morgan fingerprint density at radius 3 is 2.65 bits per heavy atom. The van der Waals surface area contributed by atoms with Crippen LogP contribution in [0.3, 0.4) is 0 Å². The predicted octanol–water partition coefficient (Wildman–Crippen LogP) is 4.45. The molecule has 1 spiro atoms. The molecule has 0 bridgehead atoms. The number of hydrogen-bond acceptors (Lipinski definition) is 2. The number of alkyl halides is 3. The molecule has 5 heteroatoms. The van der Waals surface area contributed by atoms with Crippen LogP contribution in [0.4, 0.5) is 13.2 Å². The Hall–Kier alpha value is -0.550. The third kappa shape index (κ3) is 3.03. The zero-order valence-electron chi connectivity index (χ0n) is 11.5. The van der Waals surface area contributed by atoms with E-state index in [4.69, 9.17) is 0 Å². The first-order valence-corrected chi connectivity index (χ1v) is 8.21. The van der Waals surface area contributed by atoms with Crippen LogP contribution in [-0.2, 0) is 19.4 Å². The van der Waals surface area contributed by atoms with E-state index in [1.54, 1.807) is 11.3 Å². The van der Waals surface area contributed by atoms with Crippen LogP contribution in [0.25, 0.3) is 0 Å². The van der Waals surface area contributed by atoms with E-state index in [1.807, 2.05) is 0 Å². The molecule has 2 aliphatic carbocycles. The minimum absolute atomic E-state index is 0.346. The number of rotatable bonds is 3. The molecule has 1 heterocycles. The van der Waals surface area contributed by atoms with Gasteiger partial charge in [-0.1, -0.05) is 12.8 Å². The molecule has 0 saturated heterocycles. The molecule has 0 radical (unpaired) electrons. The molecule has 1 fully saturated rings. The summed E-state index contributed by atoms with van der Waals surface area (Å²) in [6, 6.07) is 0. The van der Waals surface area contributed by atoms with Gasteiger partial charge < -0.3 is 5.32 Å². The average molecular weight is 303 g/mol. The number of thiophene rings is 1. The van der Waals surface area contributed by atoms with E-state index >= 15 is 0 Å². The maximum Gasteiger partial charge on any atom is 0.401 e. The Labute approximate surface area is 121 Å². The molecule has 1 aromatic heterocycles. The quantitative estimate of drug-likeness (QED) is 0.870. The van der Waals surface area contributed by atoms with Gasteiger partial charge in [0.1, 0.15) is 0 Å². The molecule has 0 atom stereocenters. The maximum absolute atomic E-state index is 12.2. The standard InChI is InChI=1S/C15H20F3NS/c16-15(17,18)10-19-8-11-9-20-13-7-14(4-1-2-5-14)6-3-12(11)13/h9,19H,1-8,10H2. The van der Waals surface area contributed by atoms with Crippen LogP contribution in [0, 0.1) is 5.41 Å². The summed E-state index contributed by atoms with van der Waals surface area (Å²) in [7, 11) is 0. The monoisotopic (exact) mass is 303 g/mol. The Kier molecular flexibility index (Phi) is 3.84. The number of fused-ring (bicyclic) bond motifs is 1. The van der Waals surface area contributed by atoms with Gasteiger partial charge in [-0.15, -0.1) is 11.3 Å². The van der Waals surface area contributed by atoms with Gasteiger partial charge in [0, 0.05) is 11.4 Å². The summed E-state index contributed by atoms with van der Waals surface area (Å²) in [5.74, 6) is 0. The van der Waals surface area contributed by atoms with E-state index in [0.29, 0.717) is 12.0 Å². The fourth-order valence-electron chi connectivity index (χ4n) is 3.77. The van der Waals surface area contributed by atoms with Gasteiger partial charge in [-0.2, -0.15) is 13.2 Å². The lowest BCUT2D eigenvalue weighted by Crippen LogP contribution is -2.29. The zero-order chi connectivity index (χ0) is 14.2. The molecular weight excluding hydrogens is 283 g/mol. The zero-order valence-corrected chi connectivity index (χ0v) is 12.3. The van der Waals surface area contributed by atoms with Crippen molar-refractivity contribution in [2.75, 3.05) is 6.54 Å². The smallest absolute Gasteiger partial charge is 0.305 e. The van der Waals surface area contributed by atoms with Crippen molar-refractivity contribution in [3.63, 3.8) is 0 Å². The largest absolute Gasteiger partial charge is 0.401 e. The predicted molar refractivity (Wildman–Crippen MR) is 75.0 cm³/mol. The van der Waals surface area contributed by atoms with E-state index in [9.17, 15) is 13.2 Å². The summed E-state index contributed by atoms with van der Waals surface area (Å²) in [5.41, 5.74) is 2.94. The van der Waals surface area contributed by atoms with Gasteiger partial charge in [0.2, 0.25) is 0 Å². The Morgan fingerprint density at radius 1 is 1.20 bits per heavy atom. The lowest BCUT2D eigenvalue weighted by molar-refractivity contribution is -0.125. The molecule has 2 aliphatic rings. The highest BCUT2D eigenvalue weighted by atomic mass is 32.1. The summed E-state index contributed by atoms with van der Waals surface area (Å²) in [4.78, 5) is 1.43. The molecule has 20 heavy (non-hydrogen) atoms. The maximum atomic E-state index is 12.2. The van der Waals surface area contributed by atoms with Crippen LogP contribution in [-0.4, -0.2) is 12.7 Å². The minimum atomic E-state index is -4.12. The lowest BCUT2D eigenvalue weighted by atomic mass is 9.72. The first kappa shape index (κ1) is 14.4. The Balaban J connectivity index is 1.64. The van der Waals surface area contributed by atoms with E-state index in [-0.39, 0.29) is 0 Å². The molecule has 0 aliphatic heterocycles. The van der Waals surface area contributed by atoms with Crippen LogP contribution >= 0.6 is 11.3 Å². The van der Waals surface area contributed by atoms with Crippen molar-refractivity contribution in [2.45, 2.75) is 57.7 Å². The van der Waals surface area contributed by atoms with E-state index in [2.05, 4.69) is 10.7 Å². The van der Waals surface area contributed by atoms with Gasteiger partial charge in [-0.3, -0.25) is 0 Å². The van der Waals surface area contributed by atoms with Crippen molar-refractivity contribution in [3.8, 4) is 0 Å².